The standard InChI is InChI=1S/C31H25N/c1-23-17-19-28(21-24(23)2)32-30(20-18-25-11-5-3-6-12-25)29-16-10-9-15-27(29)22-31(32)26-13-7-4-8-14-26/h3-17,19,21-22,30H,1-2H3. The van der Waals surface area contributed by atoms with Crippen LogP contribution in [0.5, 0.6) is 0 Å². The van der Waals surface area contributed by atoms with Gasteiger partial charge >= 0.3 is 0 Å². The molecule has 4 aromatic rings. The van der Waals surface area contributed by atoms with E-state index in [9.17, 15) is 0 Å². The molecular weight excluding hydrogens is 386 g/mol. The van der Waals surface area contributed by atoms with Gasteiger partial charge in [0.15, 0.2) is 0 Å². The highest BCUT2D eigenvalue weighted by Gasteiger charge is 2.29. The fraction of sp³-hybridized carbons (Fsp3) is 0.0968. The summed E-state index contributed by atoms with van der Waals surface area (Å²) in [6.45, 7) is 4.33. The highest BCUT2D eigenvalue weighted by molar-refractivity contribution is 5.94. The van der Waals surface area contributed by atoms with Crippen molar-refractivity contribution in [1.29, 1.82) is 0 Å². The Balaban J connectivity index is 1.74. The molecule has 5 rings (SSSR count). The number of benzene rings is 4. The molecule has 1 heterocycles. The lowest BCUT2D eigenvalue weighted by molar-refractivity contribution is 0.872. The normalized spacial score (nSPS) is 14.8. The second-order valence-corrected chi connectivity index (χ2v) is 8.20. The summed E-state index contributed by atoms with van der Waals surface area (Å²) in [4.78, 5) is 2.39. The summed E-state index contributed by atoms with van der Waals surface area (Å²) >= 11 is 0. The molecule has 1 heteroatoms. The molecule has 0 saturated heterocycles. The van der Waals surface area contributed by atoms with Gasteiger partial charge in [-0.15, -0.1) is 0 Å². The Bertz CT molecular complexity index is 1340. The van der Waals surface area contributed by atoms with E-state index in [4.69, 9.17) is 0 Å². The van der Waals surface area contributed by atoms with Gasteiger partial charge in [0, 0.05) is 11.3 Å². The van der Waals surface area contributed by atoms with Gasteiger partial charge in [-0.2, -0.15) is 0 Å². The average Bonchev–Trinajstić information content (AvgIpc) is 2.85. The van der Waals surface area contributed by atoms with Crippen molar-refractivity contribution in [1.82, 2.24) is 0 Å². The van der Waals surface area contributed by atoms with Gasteiger partial charge < -0.3 is 4.90 Å². The highest BCUT2D eigenvalue weighted by Crippen LogP contribution is 2.42. The Morgan fingerprint density at radius 2 is 1.38 bits per heavy atom. The number of hydrogen-bond donors (Lipinski definition) is 0. The molecule has 0 radical (unpaired) electrons. The Hall–Kier alpha value is -4.02. The van der Waals surface area contributed by atoms with Gasteiger partial charge in [-0.05, 0) is 72.0 Å². The molecule has 0 N–H and O–H groups in total. The van der Waals surface area contributed by atoms with Crippen molar-refractivity contribution in [3.05, 3.63) is 137 Å². The van der Waals surface area contributed by atoms with Gasteiger partial charge in [-0.25, -0.2) is 0 Å². The molecule has 0 saturated carbocycles. The Kier molecular flexibility index (Phi) is 5.36. The lowest BCUT2D eigenvalue weighted by atomic mass is 9.90. The van der Waals surface area contributed by atoms with Crippen molar-refractivity contribution in [2.45, 2.75) is 19.9 Å². The minimum Gasteiger partial charge on any atom is -0.322 e. The summed E-state index contributed by atoms with van der Waals surface area (Å²) in [5.74, 6) is 7.05. The van der Waals surface area contributed by atoms with Crippen LogP contribution in [0.2, 0.25) is 0 Å². The van der Waals surface area contributed by atoms with E-state index in [2.05, 4.69) is 122 Å². The molecule has 1 nitrogen and oxygen atoms in total. The van der Waals surface area contributed by atoms with E-state index in [0.717, 1.165) is 11.3 Å². The zero-order chi connectivity index (χ0) is 21.9. The van der Waals surface area contributed by atoms with Crippen molar-refractivity contribution in [2.75, 3.05) is 4.90 Å². The van der Waals surface area contributed by atoms with Crippen LogP contribution in [-0.4, -0.2) is 0 Å². The summed E-state index contributed by atoms with van der Waals surface area (Å²) in [7, 11) is 0. The first-order valence-corrected chi connectivity index (χ1v) is 11.0. The molecule has 0 amide bonds. The molecule has 154 valence electrons. The van der Waals surface area contributed by atoms with E-state index in [1.54, 1.807) is 0 Å². The van der Waals surface area contributed by atoms with Gasteiger partial charge in [0.05, 0.1) is 5.70 Å². The van der Waals surface area contributed by atoms with Crippen molar-refractivity contribution >= 4 is 17.5 Å². The fourth-order valence-corrected chi connectivity index (χ4v) is 4.20. The molecule has 0 bridgehead atoms. The van der Waals surface area contributed by atoms with Crippen LogP contribution in [-0.2, 0) is 0 Å². The molecule has 0 aromatic heterocycles. The van der Waals surface area contributed by atoms with Gasteiger partial charge in [-0.3, -0.25) is 0 Å². The average molecular weight is 412 g/mol. The smallest absolute Gasteiger partial charge is 0.121 e. The van der Waals surface area contributed by atoms with Gasteiger partial charge in [0.25, 0.3) is 0 Å². The Morgan fingerprint density at radius 1 is 0.688 bits per heavy atom. The third kappa shape index (κ3) is 3.84. The van der Waals surface area contributed by atoms with Crippen molar-refractivity contribution in [3.63, 3.8) is 0 Å². The molecule has 1 atom stereocenters. The van der Waals surface area contributed by atoms with Crippen molar-refractivity contribution in [2.24, 2.45) is 0 Å². The van der Waals surface area contributed by atoms with Crippen LogP contribution >= 0.6 is 0 Å². The highest BCUT2D eigenvalue weighted by atomic mass is 15.2. The molecular formula is C31H25N. The maximum atomic E-state index is 3.61. The molecule has 0 spiro atoms. The van der Waals surface area contributed by atoms with Crippen LogP contribution < -0.4 is 4.90 Å². The van der Waals surface area contributed by atoms with Crippen LogP contribution in [0.1, 0.15) is 39.4 Å². The predicted molar refractivity (Wildman–Crippen MR) is 135 cm³/mol. The molecule has 1 aliphatic rings. The SMILES string of the molecule is Cc1ccc(N2C(c3ccccc3)=Cc3ccccc3C2C#Cc2ccccc2)cc1C. The topological polar surface area (TPSA) is 3.24 Å². The zero-order valence-electron chi connectivity index (χ0n) is 18.4. The monoisotopic (exact) mass is 411 g/mol. The van der Waals surface area contributed by atoms with Gasteiger partial charge in [0.1, 0.15) is 6.04 Å². The molecule has 0 aliphatic carbocycles. The minimum absolute atomic E-state index is 0.0891. The minimum atomic E-state index is -0.0891. The van der Waals surface area contributed by atoms with E-state index in [0.29, 0.717) is 0 Å². The predicted octanol–water partition coefficient (Wildman–Crippen LogP) is 7.41. The van der Waals surface area contributed by atoms with E-state index in [1.807, 2.05) is 18.2 Å². The Labute approximate surface area is 190 Å². The zero-order valence-corrected chi connectivity index (χ0v) is 18.4. The van der Waals surface area contributed by atoms with E-state index in [-0.39, 0.29) is 6.04 Å². The summed E-state index contributed by atoms with van der Waals surface area (Å²) < 4.78 is 0. The maximum absolute atomic E-state index is 3.61. The van der Waals surface area contributed by atoms with Crippen molar-refractivity contribution in [3.8, 4) is 11.8 Å². The molecule has 32 heavy (non-hydrogen) atoms. The summed E-state index contributed by atoms with van der Waals surface area (Å²) in [6.07, 6.45) is 2.29. The maximum Gasteiger partial charge on any atom is 0.121 e. The molecule has 1 aliphatic heterocycles. The van der Waals surface area contributed by atoms with Crippen molar-refractivity contribution < 1.29 is 0 Å². The van der Waals surface area contributed by atoms with Crippen LogP contribution in [0, 0.1) is 25.7 Å². The Morgan fingerprint density at radius 3 is 2.12 bits per heavy atom. The molecule has 0 fully saturated rings. The third-order valence-electron chi connectivity index (χ3n) is 6.07. The van der Waals surface area contributed by atoms with Gasteiger partial charge in [0.2, 0.25) is 0 Å². The lowest BCUT2D eigenvalue weighted by Crippen LogP contribution is -2.29. The van der Waals surface area contributed by atoms with E-state index in [1.165, 1.54) is 33.5 Å². The summed E-state index contributed by atoms with van der Waals surface area (Å²) in [5, 5.41) is 0. The van der Waals surface area contributed by atoms with E-state index < -0.39 is 0 Å². The van der Waals surface area contributed by atoms with E-state index >= 15 is 0 Å². The number of aryl methyl sites for hydroxylation is 2. The lowest BCUT2D eigenvalue weighted by Gasteiger charge is -2.37. The second kappa shape index (κ2) is 8.61. The molecule has 4 aromatic carbocycles. The summed E-state index contributed by atoms with van der Waals surface area (Å²) in [6, 6.07) is 36.0. The largest absolute Gasteiger partial charge is 0.322 e. The van der Waals surface area contributed by atoms with Crippen LogP contribution in [0.25, 0.3) is 11.8 Å². The van der Waals surface area contributed by atoms with Crippen LogP contribution in [0.15, 0.2) is 103 Å². The third-order valence-corrected chi connectivity index (χ3v) is 6.07. The fourth-order valence-electron chi connectivity index (χ4n) is 4.20. The summed E-state index contributed by atoms with van der Waals surface area (Å²) in [5.41, 5.74) is 9.57. The number of nitrogens with zero attached hydrogens (tertiary/aromatic N) is 1. The van der Waals surface area contributed by atoms with Crippen LogP contribution in [0.3, 0.4) is 0 Å². The first kappa shape index (κ1) is 19.9. The quantitative estimate of drug-likeness (QED) is 0.310. The number of rotatable bonds is 2. The van der Waals surface area contributed by atoms with Gasteiger partial charge in [-0.1, -0.05) is 90.7 Å². The number of fused-ring (bicyclic) bond motifs is 1. The van der Waals surface area contributed by atoms with Crippen LogP contribution in [0.4, 0.5) is 5.69 Å². The first-order chi connectivity index (χ1) is 15.7. The number of anilines is 1. The molecule has 1 unspecified atom stereocenters. The second-order valence-electron chi connectivity index (χ2n) is 8.20. The number of hydrogen-bond acceptors (Lipinski definition) is 1. The first-order valence-electron chi connectivity index (χ1n) is 11.0.